The fourth-order valence-corrected chi connectivity index (χ4v) is 5.25. The van der Waals surface area contributed by atoms with Crippen LogP contribution >= 0.6 is 46.4 Å². The van der Waals surface area contributed by atoms with Crippen molar-refractivity contribution in [3.8, 4) is 11.3 Å². The highest BCUT2D eigenvalue weighted by atomic mass is 35.5. The molecule has 0 amide bonds. The molecule has 0 N–H and O–H groups in total. The number of hydrogen-bond donors (Lipinski definition) is 0. The van der Waals surface area contributed by atoms with Crippen molar-refractivity contribution in [1.82, 2.24) is 14.8 Å². The summed E-state index contributed by atoms with van der Waals surface area (Å²) in [5.74, 6) is 0.000861. The number of pyridine rings is 1. The number of anilines is 3. The van der Waals surface area contributed by atoms with Crippen molar-refractivity contribution in [3.63, 3.8) is 0 Å². The molecule has 1 saturated carbocycles. The number of carbonyl (C=O) groups excluding carboxylic acids is 1. The van der Waals surface area contributed by atoms with Crippen LogP contribution in [0.1, 0.15) is 30.1 Å². The van der Waals surface area contributed by atoms with Gasteiger partial charge >= 0.3 is 0 Å². The first-order chi connectivity index (χ1) is 17.7. The Labute approximate surface area is 233 Å². The van der Waals surface area contributed by atoms with Gasteiger partial charge in [0.25, 0.3) is 5.56 Å². The molecule has 10 heteroatoms. The molecule has 2 aromatic heterocycles. The fraction of sp³-hybridized carbons (Fsp3) is 0.185. The molecule has 2 aromatic carbocycles. The minimum Gasteiger partial charge on any atom is -0.305 e. The lowest BCUT2D eigenvalue weighted by atomic mass is 10.0. The summed E-state index contributed by atoms with van der Waals surface area (Å²) < 4.78 is 1.42. The Hall–Kier alpha value is -2.90. The SMILES string of the molecule is CC(=O)c1c(-c2cccnc2)nn(CC2CC2)c(=O)c1N(c1cc(Cl)cc(Cl)c1)c1cc(Cl)cc(Cl)c1. The van der Waals surface area contributed by atoms with Gasteiger partial charge in [0.05, 0.1) is 5.56 Å². The van der Waals surface area contributed by atoms with Crippen LogP contribution in [0.5, 0.6) is 0 Å². The van der Waals surface area contributed by atoms with E-state index in [1.807, 2.05) is 0 Å². The van der Waals surface area contributed by atoms with Crippen LogP contribution in [0.3, 0.4) is 0 Å². The van der Waals surface area contributed by atoms with Crippen LogP contribution in [0, 0.1) is 5.92 Å². The van der Waals surface area contributed by atoms with Gasteiger partial charge in [0, 0.05) is 56.0 Å². The Kier molecular flexibility index (Phi) is 7.28. The molecule has 6 nitrogen and oxygen atoms in total. The smallest absolute Gasteiger partial charge is 0.291 e. The molecule has 2 heterocycles. The van der Waals surface area contributed by atoms with Crippen molar-refractivity contribution in [2.75, 3.05) is 4.90 Å². The Morgan fingerprint density at radius 1 is 0.973 bits per heavy atom. The van der Waals surface area contributed by atoms with E-state index < -0.39 is 5.56 Å². The maximum Gasteiger partial charge on any atom is 0.291 e. The Bertz CT molecular complexity index is 1480. The second-order valence-corrected chi connectivity index (χ2v) is 10.6. The predicted molar refractivity (Wildman–Crippen MR) is 149 cm³/mol. The van der Waals surface area contributed by atoms with Crippen molar-refractivity contribution < 1.29 is 4.79 Å². The third-order valence-electron chi connectivity index (χ3n) is 5.98. The van der Waals surface area contributed by atoms with E-state index in [1.165, 1.54) is 11.6 Å². The van der Waals surface area contributed by atoms with Crippen LogP contribution in [-0.2, 0) is 6.54 Å². The maximum absolute atomic E-state index is 14.1. The number of ketones is 1. The topological polar surface area (TPSA) is 68.1 Å². The number of rotatable bonds is 7. The molecule has 4 aromatic rings. The average Bonchev–Trinajstić information content (AvgIpc) is 3.64. The lowest BCUT2D eigenvalue weighted by molar-refractivity contribution is 0.101. The van der Waals surface area contributed by atoms with Crippen LogP contribution in [0.25, 0.3) is 11.3 Å². The molecule has 0 saturated heterocycles. The highest BCUT2D eigenvalue weighted by molar-refractivity contribution is 6.36. The van der Waals surface area contributed by atoms with Gasteiger partial charge in [0.1, 0.15) is 11.4 Å². The first-order valence-corrected chi connectivity index (χ1v) is 13.0. The number of benzene rings is 2. The molecular weight excluding hydrogens is 554 g/mol. The van der Waals surface area contributed by atoms with Gasteiger partial charge in [0.2, 0.25) is 0 Å². The Morgan fingerprint density at radius 2 is 1.54 bits per heavy atom. The largest absolute Gasteiger partial charge is 0.305 e. The standard InChI is InChI=1S/C27H20Cl4N4O2/c1-15(36)24-25(17-3-2-6-32-13-17)33-34(14-16-4-5-16)27(37)26(24)35(22-9-18(28)7-19(29)10-22)23-11-20(30)8-21(31)12-23/h2-3,6-13,16H,4-5,14H2,1H3. The number of nitrogens with zero attached hydrogens (tertiary/aromatic N) is 4. The van der Waals surface area contributed by atoms with E-state index in [0.717, 1.165) is 12.8 Å². The van der Waals surface area contributed by atoms with E-state index >= 15 is 0 Å². The average molecular weight is 574 g/mol. The molecule has 37 heavy (non-hydrogen) atoms. The number of aromatic nitrogens is 3. The highest BCUT2D eigenvalue weighted by Crippen LogP contribution is 2.41. The molecule has 0 bridgehead atoms. The summed E-state index contributed by atoms with van der Waals surface area (Å²) in [6.07, 6.45) is 5.27. The predicted octanol–water partition coefficient (Wildman–Crippen LogP) is 8.00. The van der Waals surface area contributed by atoms with Gasteiger partial charge in [-0.3, -0.25) is 14.6 Å². The van der Waals surface area contributed by atoms with E-state index in [1.54, 1.807) is 65.8 Å². The molecule has 1 aliphatic carbocycles. The van der Waals surface area contributed by atoms with Crippen LogP contribution < -0.4 is 10.5 Å². The molecule has 0 aliphatic heterocycles. The summed E-state index contributed by atoms with van der Waals surface area (Å²) in [5.41, 5.74) is 1.66. The molecule has 1 fully saturated rings. The normalized spacial score (nSPS) is 13.0. The summed E-state index contributed by atoms with van der Waals surface area (Å²) in [6.45, 7) is 1.83. The van der Waals surface area contributed by atoms with Gasteiger partial charge in [-0.2, -0.15) is 5.10 Å². The zero-order chi connectivity index (χ0) is 26.3. The van der Waals surface area contributed by atoms with Crippen LogP contribution in [0.4, 0.5) is 17.1 Å². The second kappa shape index (κ2) is 10.5. The summed E-state index contributed by atoms with van der Waals surface area (Å²) in [4.78, 5) is 33.2. The maximum atomic E-state index is 14.1. The number of Topliss-reactive ketones (excluding diaryl/α,β-unsaturated/α-hetero) is 1. The lowest BCUT2D eigenvalue weighted by Gasteiger charge is -2.28. The van der Waals surface area contributed by atoms with E-state index in [9.17, 15) is 9.59 Å². The lowest BCUT2D eigenvalue weighted by Crippen LogP contribution is -2.32. The zero-order valence-corrected chi connectivity index (χ0v) is 22.6. The first-order valence-electron chi connectivity index (χ1n) is 11.5. The minimum atomic E-state index is -0.433. The molecule has 0 spiro atoms. The van der Waals surface area contributed by atoms with E-state index in [-0.39, 0.29) is 17.0 Å². The van der Waals surface area contributed by atoms with Crippen molar-refractivity contribution >= 4 is 69.2 Å². The monoisotopic (exact) mass is 572 g/mol. The second-order valence-electron chi connectivity index (χ2n) is 8.89. The van der Waals surface area contributed by atoms with Gasteiger partial charge in [-0.25, -0.2) is 4.68 Å². The van der Waals surface area contributed by atoms with E-state index in [2.05, 4.69) is 10.1 Å². The van der Waals surface area contributed by atoms with Crippen LogP contribution in [0.2, 0.25) is 20.1 Å². The Balaban J connectivity index is 1.90. The molecule has 188 valence electrons. The zero-order valence-electron chi connectivity index (χ0n) is 19.6. The van der Waals surface area contributed by atoms with Crippen LogP contribution in [0.15, 0.2) is 65.7 Å². The quantitative estimate of drug-likeness (QED) is 0.209. The van der Waals surface area contributed by atoms with Crippen LogP contribution in [-0.4, -0.2) is 20.5 Å². The van der Waals surface area contributed by atoms with Crippen molar-refractivity contribution in [2.45, 2.75) is 26.3 Å². The van der Waals surface area contributed by atoms with Gasteiger partial charge in [-0.1, -0.05) is 46.4 Å². The molecule has 1 aliphatic rings. The third-order valence-corrected chi connectivity index (χ3v) is 6.85. The highest BCUT2D eigenvalue weighted by Gasteiger charge is 2.31. The number of carbonyl (C=O) groups is 1. The molecular formula is C27H20Cl4N4O2. The number of hydrogen-bond acceptors (Lipinski definition) is 5. The van der Waals surface area contributed by atoms with Crippen molar-refractivity contribution in [1.29, 1.82) is 0 Å². The third kappa shape index (κ3) is 5.53. The number of halogens is 4. The van der Waals surface area contributed by atoms with Gasteiger partial charge < -0.3 is 4.90 Å². The molecule has 5 rings (SSSR count). The van der Waals surface area contributed by atoms with Gasteiger partial charge in [-0.05, 0) is 74.2 Å². The molecule has 0 radical (unpaired) electrons. The summed E-state index contributed by atoms with van der Waals surface area (Å²) >= 11 is 25.5. The summed E-state index contributed by atoms with van der Waals surface area (Å²) in [6, 6.07) is 13.3. The Morgan fingerprint density at radius 3 is 2.00 bits per heavy atom. The fourth-order valence-electron chi connectivity index (χ4n) is 4.22. The minimum absolute atomic E-state index is 0.0960. The van der Waals surface area contributed by atoms with Gasteiger partial charge in [0.15, 0.2) is 5.78 Å². The summed E-state index contributed by atoms with van der Waals surface area (Å²) in [7, 11) is 0. The first kappa shape index (κ1) is 25.7. The summed E-state index contributed by atoms with van der Waals surface area (Å²) in [5, 5.41) is 6.06. The molecule has 0 unspecified atom stereocenters. The molecule has 0 atom stereocenters. The van der Waals surface area contributed by atoms with E-state index in [4.69, 9.17) is 46.4 Å². The van der Waals surface area contributed by atoms with Crippen molar-refractivity contribution in [3.05, 3.63) is 96.9 Å². The van der Waals surface area contributed by atoms with Gasteiger partial charge in [-0.15, -0.1) is 0 Å². The van der Waals surface area contributed by atoms with E-state index in [0.29, 0.717) is 55.2 Å². The van der Waals surface area contributed by atoms with Crippen molar-refractivity contribution in [2.24, 2.45) is 5.92 Å².